The van der Waals surface area contributed by atoms with Crippen LogP contribution in [0, 0.1) is 13.8 Å². The Balaban J connectivity index is 1.91. The van der Waals surface area contributed by atoms with Crippen molar-refractivity contribution in [2.45, 2.75) is 30.5 Å². The molecule has 0 saturated carbocycles. The highest BCUT2D eigenvalue weighted by Gasteiger charge is 2.13. The molecule has 0 spiro atoms. The number of aliphatic hydroxyl groups excluding tert-OH is 1. The Morgan fingerprint density at radius 1 is 1.30 bits per heavy atom. The third-order valence-corrected chi connectivity index (χ3v) is 5.21. The summed E-state index contributed by atoms with van der Waals surface area (Å²) in [4.78, 5) is 14.2. The number of aliphatic hydroxyl groups is 1. The van der Waals surface area contributed by atoms with Crippen molar-refractivity contribution in [3.63, 3.8) is 0 Å². The van der Waals surface area contributed by atoms with Crippen LogP contribution in [0.1, 0.15) is 17.0 Å². The minimum atomic E-state index is -0.0281. The Kier molecular flexibility index (Phi) is 4.65. The molecule has 6 nitrogen and oxygen atoms in total. The molecule has 0 aromatic carbocycles. The second kappa shape index (κ2) is 6.69. The van der Waals surface area contributed by atoms with Crippen LogP contribution in [-0.4, -0.2) is 24.6 Å². The summed E-state index contributed by atoms with van der Waals surface area (Å²) in [5, 5.41) is 16.2. The first-order valence-corrected chi connectivity index (χ1v) is 8.71. The van der Waals surface area contributed by atoms with Crippen molar-refractivity contribution < 1.29 is 5.11 Å². The van der Waals surface area contributed by atoms with Crippen LogP contribution in [0.15, 0.2) is 33.9 Å². The molecule has 23 heavy (non-hydrogen) atoms. The lowest BCUT2D eigenvalue weighted by Crippen LogP contribution is -1.99. The molecular weight excluding hydrogens is 330 g/mol. The van der Waals surface area contributed by atoms with E-state index in [1.165, 1.54) is 11.8 Å². The zero-order valence-electron chi connectivity index (χ0n) is 13.1. The van der Waals surface area contributed by atoms with Crippen molar-refractivity contribution in [1.29, 1.82) is 0 Å². The van der Waals surface area contributed by atoms with E-state index in [4.69, 9.17) is 0 Å². The summed E-state index contributed by atoms with van der Waals surface area (Å²) in [6, 6.07) is 2.06. The average Bonchev–Trinajstić information content (AvgIpc) is 3.08. The minimum absolute atomic E-state index is 0.0281. The van der Waals surface area contributed by atoms with Gasteiger partial charge in [-0.1, -0.05) is 0 Å². The number of hydrogen-bond acceptors (Lipinski definition) is 7. The number of pyridine rings is 1. The molecule has 0 atom stereocenters. The number of nitrogens with zero attached hydrogens (tertiary/aromatic N) is 4. The van der Waals surface area contributed by atoms with E-state index in [2.05, 4.69) is 26.3 Å². The van der Waals surface area contributed by atoms with Gasteiger partial charge in [-0.3, -0.25) is 0 Å². The standard InChI is InChI=1S/C15H17N5OS2/c1-9-4-12(23-15-17-6-11(7-21)20(15)3)13(16-5-9)19-14-18-10(2)8-22-14/h4-6,8,21H,7H2,1-3H3,(H,16,18,19). The van der Waals surface area contributed by atoms with Gasteiger partial charge in [-0.2, -0.15) is 0 Å². The smallest absolute Gasteiger partial charge is 0.188 e. The third kappa shape index (κ3) is 3.54. The molecule has 3 heterocycles. The molecule has 8 heteroatoms. The molecular formula is C15H17N5OS2. The summed E-state index contributed by atoms with van der Waals surface area (Å²) in [6.07, 6.45) is 3.51. The summed E-state index contributed by atoms with van der Waals surface area (Å²) < 4.78 is 1.88. The summed E-state index contributed by atoms with van der Waals surface area (Å²) in [6.45, 7) is 3.94. The topological polar surface area (TPSA) is 75.9 Å². The van der Waals surface area contributed by atoms with Gasteiger partial charge in [0.05, 0.1) is 29.1 Å². The minimum Gasteiger partial charge on any atom is -0.390 e. The van der Waals surface area contributed by atoms with E-state index >= 15 is 0 Å². The van der Waals surface area contributed by atoms with Crippen LogP contribution < -0.4 is 5.32 Å². The highest BCUT2D eigenvalue weighted by Crippen LogP contribution is 2.34. The van der Waals surface area contributed by atoms with Gasteiger partial charge in [-0.15, -0.1) is 11.3 Å². The Morgan fingerprint density at radius 3 is 2.78 bits per heavy atom. The predicted molar refractivity (Wildman–Crippen MR) is 92.4 cm³/mol. The molecule has 0 aliphatic carbocycles. The summed E-state index contributed by atoms with van der Waals surface area (Å²) >= 11 is 3.06. The average molecular weight is 347 g/mol. The molecule has 0 radical (unpaired) electrons. The van der Waals surface area contributed by atoms with Crippen molar-refractivity contribution in [3.05, 3.63) is 40.8 Å². The van der Waals surface area contributed by atoms with Gasteiger partial charge < -0.3 is 15.0 Å². The lowest BCUT2D eigenvalue weighted by molar-refractivity contribution is 0.271. The summed E-state index contributed by atoms with van der Waals surface area (Å²) in [7, 11) is 1.89. The van der Waals surface area contributed by atoms with Crippen LogP contribution in [0.5, 0.6) is 0 Å². The fourth-order valence-electron chi connectivity index (χ4n) is 1.99. The largest absolute Gasteiger partial charge is 0.390 e. The van der Waals surface area contributed by atoms with Gasteiger partial charge in [0.1, 0.15) is 5.82 Å². The molecule has 3 aromatic rings. The molecule has 0 bridgehead atoms. The van der Waals surface area contributed by atoms with Crippen molar-refractivity contribution in [2.24, 2.45) is 7.05 Å². The van der Waals surface area contributed by atoms with Gasteiger partial charge in [-0.05, 0) is 37.2 Å². The molecule has 0 unspecified atom stereocenters. The van der Waals surface area contributed by atoms with Crippen LogP contribution in [0.2, 0.25) is 0 Å². The van der Waals surface area contributed by atoms with Gasteiger partial charge in [0.2, 0.25) is 0 Å². The second-order valence-corrected chi connectivity index (χ2v) is 7.00. The monoisotopic (exact) mass is 347 g/mol. The fourth-order valence-corrected chi connectivity index (χ4v) is 3.68. The van der Waals surface area contributed by atoms with Crippen molar-refractivity contribution in [2.75, 3.05) is 5.32 Å². The molecule has 0 aliphatic heterocycles. The Hall–Kier alpha value is -1.90. The molecule has 2 N–H and O–H groups in total. The first-order valence-electron chi connectivity index (χ1n) is 7.02. The zero-order chi connectivity index (χ0) is 16.4. The van der Waals surface area contributed by atoms with Gasteiger partial charge in [0, 0.05) is 18.6 Å². The van der Waals surface area contributed by atoms with Gasteiger partial charge >= 0.3 is 0 Å². The normalized spacial score (nSPS) is 11.0. The van der Waals surface area contributed by atoms with E-state index in [0.717, 1.165) is 38.0 Å². The van der Waals surface area contributed by atoms with E-state index in [1.54, 1.807) is 17.5 Å². The predicted octanol–water partition coefficient (Wildman–Crippen LogP) is 3.28. The maximum Gasteiger partial charge on any atom is 0.188 e. The number of anilines is 2. The first kappa shape index (κ1) is 16.0. The van der Waals surface area contributed by atoms with E-state index in [-0.39, 0.29) is 6.61 Å². The highest BCUT2D eigenvalue weighted by molar-refractivity contribution is 7.99. The van der Waals surface area contributed by atoms with Crippen LogP contribution in [0.3, 0.4) is 0 Å². The van der Waals surface area contributed by atoms with Gasteiger partial charge in [0.25, 0.3) is 0 Å². The summed E-state index contributed by atoms with van der Waals surface area (Å²) in [5.74, 6) is 0.753. The molecule has 3 aromatic heterocycles. The Labute approximate surface area is 142 Å². The highest BCUT2D eigenvalue weighted by atomic mass is 32.2. The second-order valence-electron chi connectivity index (χ2n) is 5.13. The van der Waals surface area contributed by atoms with E-state index < -0.39 is 0 Å². The van der Waals surface area contributed by atoms with Crippen LogP contribution >= 0.6 is 23.1 Å². The van der Waals surface area contributed by atoms with E-state index in [9.17, 15) is 5.11 Å². The van der Waals surface area contributed by atoms with Gasteiger partial charge in [0.15, 0.2) is 10.3 Å². The number of rotatable bonds is 5. The van der Waals surface area contributed by atoms with Gasteiger partial charge in [-0.25, -0.2) is 15.0 Å². The quantitative estimate of drug-likeness (QED) is 0.738. The third-order valence-electron chi connectivity index (χ3n) is 3.24. The molecule has 0 aliphatic rings. The lowest BCUT2D eigenvalue weighted by atomic mass is 10.3. The SMILES string of the molecule is Cc1cnc(Nc2nc(C)cs2)c(Sc2ncc(CO)n2C)c1. The molecule has 3 rings (SSSR count). The van der Waals surface area contributed by atoms with Crippen LogP contribution in [0.25, 0.3) is 0 Å². The fraction of sp³-hybridized carbons (Fsp3) is 0.267. The Morgan fingerprint density at radius 2 is 2.13 bits per heavy atom. The zero-order valence-corrected chi connectivity index (χ0v) is 14.7. The Bertz CT molecular complexity index is 827. The number of imidazole rings is 1. The number of aryl methyl sites for hydroxylation is 2. The van der Waals surface area contributed by atoms with Crippen LogP contribution in [-0.2, 0) is 13.7 Å². The van der Waals surface area contributed by atoms with Crippen molar-refractivity contribution >= 4 is 34.0 Å². The molecule has 0 fully saturated rings. The number of hydrogen-bond donors (Lipinski definition) is 2. The number of aromatic nitrogens is 4. The molecule has 0 saturated heterocycles. The number of thiazole rings is 1. The first-order chi connectivity index (χ1) is 11.1. The maximum atomic E-state index is 9.29. The van der Waals surface area contributed by atoms with Crippen molar-refractivity contribution in [3.8, 4) is 0 Å². The van der Waals surface area contributed by atoms with Crippen LogP contribution in [0.4, 0.5) is 10.9 Å². The number of nitrogens with one attached hydrogen (secondary N) is 1. The van der Waals surface area contributed by atoms with E-state index in [0.29, 0.717) is 0 Å². The lowest BCUT2D eigenvalue weighted by Gasteiger charge is -2.10. The maximum absolute atomic E-state index is 9.29. The molecule has 120 valence electrons. The van der Waals surface area contributed by atoms with Crippen molar-refractivity contribution in [1.82, 2.24) is 19.5 Å². The molecule has 0 amide bonds. The van der Waals surface area contributed by atoms with E-state index in [1.807, 2.05) is 37.0 Å². The summed E-state index contributed by atoms with van der Waals surface area (Å²) in [5.41, 5.74) is 2.83.